The first-order valence-electron chi connectivity index (χ1n) is 14.7. The van der Waals surface area contributed by atoms with Gasteiger partial charge >= 0.3 is 0 Å². The van der Waals surface area contributed by atoms with Gasteiger partial charge in [0.1, 0.15) is 11.9 Å². The van der Waals surface area contributed by atoms with Gasteiger partial charge in [-0.25, -0.2) is 0 Å². The van der Waals surface area contributed by atoms with Gasteiger partial charge in [-0.3, -0.25) is 15.0 Å². The number of carbonyl (C=O) groups excluding carboxylic acids is 2. The van der Waals surface area contributed by atoms with Gasteiger partial charge in [-0.1, -0.05) is 87.1 Å². The van der Waals surface area contributed by atoms with Crippen LogP contribution in [0.15, 0.2) is 48.5 Å². The van der Waals surface area contributed by atoms with Crippen molar-refractivity contribution in [1.29, 1.82) is 5.41 Å². The Morgan fingerprint density at radius 2 is 1.31 bits per heavy atom. The summed E-state index contributed by atoms with van der Waals surface area (Å²) in [7, 11) is 0. The van der Waals surface area contributed by atoms with Crippen molar-refractivity contribution in [3.8, 4) is 0 Å². The molecule has 2 saturated carbocycles. The fraction of sp³-hybridized carbons (Fsp3) is 0.531. The second kappa shape index (κ2) is 14.3. The first-order chi connectivity index (χ1) is 18.9. The van der Waals surface area contributed by atoms with E-state index in [1.54, 1.807) is 12.1 Å². The predicted octanol–water partition coefficient (Wildman–Crippen LogP) is 4.55. The van der Waals surface area contributed by atoms with E-state index in [2.05, 4.69) is 22.8 Å². The molecule has 2 aliphatic carbocycles. The number of rotatable bonds is 11. The minimum absolute atomic E-state index is 0.0151. The van der Waals surface area contributed by atoms with Gasteiger partial charge in [0.15, 0.2) is 0 Å². The number of nitrogens with two attached hydrogens (primary N) is 2. The Balaban J connectivity index is 1.48. The Kier molecular flexibility index (Phi) is 10.5. The van der Waals surface area contributed by atoms with E-state index in [1.165, 1.54) is 12.8 Å². The lowest BCUT2D eigenvalue weighted by Gasteiger charge is -2.34. The smallest absolute Gasteiger partial charge is 0.243 e. The van der Waals surface area contributed by atoms with Crippen LogP contribution in [-0.4, -0.2) is 23.7 Å². The Morgan fingerprint density at radius 1 is 0.769 bits per heavy atom. The highest BCUT2D eigenvalue weighted by Crippen LogP contribution is 2.33. The van der Waals surface area contributed by atoms with E-state index in [9.17, 15) is 9.59 Å². The van der Waals surface area contributed by atoms with Crippen molar-refractivity contribution < 1.29 is 9.59 Å². The van der Waals surface area contributed by atoms with E-state index in [-0.39, 0.29) is 29.5 Å². The maximum Gasteiger partial charge on any atom is 0.243 e. The average Bonchev–Trinajstić information content (AvgIpc) is 2.98. The first-order valence-corrected chi connectivity index (χ1v) is 14.7. The predicted molar refractivity (Wildman–Crippen MR) is 156 cm³/mol. The van der Waals surface area contributed by atoms with Crippen molar-refractivity contribution in [1.82, 2.24) is 10.6 Å². The van der Waals surface area contributed by atoms with Crippen molar-refractivity contribution in [3.63, 3.8) is 0 Å². The largest absolute Gasteiger partial charge is 0.384 e. The second-order valence-corrected chi connectivity index (χ2v) is 11.4. The molecule has 0 aliphatic heterocycles. The molecule has 7 heteroatoms. The van der Waals surface area contributed by atoms with Gasteiger partial charge in [0.2, 0.25) is 11.8 Å². The second-order valence-electron chi connectivity index (χ2n) is 11.4. The van der Waals surface area contributed by atoms with Gasteiger partial charge in [0.25, 0.3) is 0 Å². The number of hydrogen-bond acceptors (Lipinski definition) is 4. The van der Waals surface area contributed by atoms with Crippen LogP contribution in [-0.2, 0) is 29.1 Å². The zero-order valence-corrected chi connectivity index (χ0v) is 23.1. The SMILES string of the molecule is N=C(N)c1ccc(CNC(=O)C(NC(=O)[C@@H](Cc2ccc(CN)cc2)C2CCCCC2)C2CCCCC2)cc1. The lowest BCUT2D eigenvalue weighted by Crippen LogP contribution is -2.53. The standard InChI is InChI=1S/C32H45N5O2/c33-20-23-13-11-22(12-14-23)19-28(25-7-3-1-4-8-25)31(38)37-29(26-9-5-2-6-10-26)32(39)36-21-24-15-17-27(18-16-24)30(34)35/h11-18,25-26,28-29H,1-10,19-21,33H2,(H3,34,35)(H,36,39)(H,37,38)/t28-,29?/m0/s1. The molecule has 0 heterocycles. The summed E-state index contributed by atoms with van der Waals surface area (Å²) in [5, 5.41) is 13.9. The number of nitrogen functional groups attached to an aromatic ring is 1. The molecule has 2 aromatic rings. The van der Waals surface area contributed by atoms with Gasteiger partial charge in [-0.2, -0.15) is 0 Å². The molecular formula is C32H45N5O2. The average molecular weight is 532 g/mol. The monoisotopic (exact) mass is 531 g/mol. The first kappa shape index (κ1) is 28.8. The van der Waals surface area contributed by atoms with E-state index >= 15 is 0 Å². The molecule has 1 unspecified atom stereocenters. The molecule has 2 fully saturated rings. The molecule has 2 aliphatic rings. The van der Waals surface area contributed by atoms with Crippen LogP contribution in [0, 0.1) is 23.2 Å². The zero-order valence-electron chi connectivity index (χ0n) is 23.1. The van der Waals surface area contributed by atoms with Crippen LogP contribution in [0.3, 0.4) is 0 Å². The lowest BCUT2D eigenvalue weighted by molar-refractivity contribution is -0.134. The van der Waals surface area contributed by atoms with Crippen molar-refractivity contribution in [2.45, 2.75) is 89.8 Å². The third-order valence-corrected chi connectivity index (χ3v) is 8.70. The molecule has 0 spiro atoms. The summed E-state index contributed by atoms with van der Waals surface area (Å²) >= 11 is 0. The lowest BCUT2D eigenvalue weighted by atomic mass is 9.76. The van der Waals surface area contributed by atoms with Gasteiger partial charge in [-0.15, -0.1) is 0 Å². The number of carbonyl (C=O) groups is 2. The molecule has 2 atom stereocenters. The molecule has 210 valence electrons. The van der Waals surface area contributed by atoms with Gasteiger partial charge in [0.05, 0.1) is 0 Å². The minimum Gasteiger partial charge on any atom is -0.384 e. The van der Waals surface area contributed by atoms with E-state index in [0.29, 0.717) is 31.0 Å². The number of amides is 2. The minimum atomic E-state index is -0.528. The summed E-state index contributed by atoms with van der Waals surface area (Å²) in [6.45, 7) is 0.877. The molecule has 0 radical (unpaired) electrons. The molecule has 2 amide bonds. The van der Waals surface area contributed by atoms with E-state index in [0.717, 1.165) is 68.1 Å². The van der Waals surface area contributed by atoms with Crippen LogP contribution in [0.1, 0.15) is 86.5 Å². The fourth-order valence-corrected chi connectivity index (χ4v) is 6.30. The molecule has 0 aromatic heterocycles. The summed E-state index contributed by atoms with van der Waals surface area (Å²) in [5.74, 6) is 0.267. The fourth-order valence-electron chi connectivity index (χ4n) is 6.30. The summed E-state index contributed by atoms with van der Waals surface area (Å²) in [6.07, 6.45) is 11.7. The van der Waals surface area contributed by atoms with Crippen LogP contribution < -0.4 is 22.1 Å². The van der Waals surface area contributed by atoms with Crippen LogP contribution in [0.4, 0.5) is 0 Å². The molecule has 2 aromatic carbocycles. The highest BCUT2D eigenvalue weighted by atomic mass is 16.2. The quantitative estimate of drug-likeness (QED) is 0.215. The normalized spacial score (nSPS) is 18.2. The number of hydrogen-bond donors (Lipinski definition) is 5. The zero-order chi connectivity index (χ0) is 27.6. The Hall–Kier alpha value is -3.19. The molecule has 39 heavy (non-hydrogen) atoms. The molecule has 7 nitrogen and oxygen atoms in total. The van der Waals surface area contributed by atoms with Crippen LogP contribution >= 0.6 is 0 Å². The van der Waals surface area contributed by atoms with Gasteiger partial charge < -0.3 is 22.1 Å². The highest BCUT2D eigenvalue weighted by Gasteiger charge is 2.35. The maximum absolute atomic E-state index is 14.0. The van der Waals surface area contributed by atoms with E-state index < -0.39 is 6.04 Å². The summed E-state index contributed by atoms with van der Waals surface area (Å²) in [4.78, 5) is 27.5. The van der Waals surface area contributed by atoms with Crippen molar-refractivity contribution in [2.24, 2.45) is 29.2 Å². The van der Waals surface area contributed by atoms with E-state index in [1.807, 2.05) is 24.3 Å². The number of amidine groups is 1. The molecular weight excluding hydrogens is 486 g/mol. The third-order valence-electron chi connectivity index (χ3n) is 8.70. The summed E-state index contributed by atoms with van der Waals surface area (Å²) in [6, 6.07) is 15.1. The van der Waals surface area contributed by atoms with Crippen LogP contribution in [0.5, 0.6) is 0 Å². The molecule has 0 saturated heterocycles. The van der Waals surface area contributed by atoms with Crippen molar-refractivity contribution in [2.75, 3.05) is 0 Å². The van der Waals surface area contributed by atoms with Gasteiger partial charge in [0, 0.05) is 24.6 Å². The summed E-state index contributed by atoms with van der Waals surface area (Å²) < 4.78 is 0. The Bertz CT molecular complexity index is 1090. The van der Waals surface area contributed by atoms with Crippen LogP contribution in [0.25, 0.3) is 0 Å². The molecule has 0 bridgehead atoms. The third kappa shape index (κ3) is 8.15. The maximum atomic E-state index is 14.0. The van der Waals surface area contributed by atoms with Crippen LogP contribution in [0.2, 0.25) is 0 Å². The van der Waals surface area contributed by atoms with Gasteiger partial charge in [-0.05, 0) is 60.6 Å². The number of nitrogens with one attached hydrogen (secondary N) is 3. The van der Waals surface area contributed by atoms with Crippen molar-refractivity contribution in [3.05, 3.63) is 70.8 Å². The highest BCUT2D eigenvalue weighted by molar-refractivity contribution is 5.95. The Morgan fingerprint density at radius 3 is 1.87 bits per heavy atom. The topological polar surface area (TPSA) is 134 Å². The number of benzene rings is 2. The van der Waals surface area contributed by atoms with E-state index in [4.69, 9.17) is 16.9 Å². The Labute approximate surface area is 233 Å². The van der Waals surface area contributed by atoms with Crippen molar-refractivity contribution >= 4 is 17.6 Å². The molecule has 4 rings (SSSR count). The summed E-state index contributed by atoms with van der Waals surface area (Å²) in [5.41, 5.74) is 15.2. The molecule has 7 N–H and O–H groups in total.